The van der Waals surface area contributed by atoms with E-state index in [-0.39, 0.29) is 31.4 Å². The van der Waals surface area contributed by atoms with Crippen molar-refractivity contribution < 1.29 is 19.1 Å². The van der Waals surface area contributed by atoms with Gasteiger partial charge in [-0.25, -0.2) is 0 Å². The minimum Gasteiger partial charge on any atom is -0.472 e. The normalized spacial score (nSPS) is 13.6. The van der Waals surface area contributed by atoms with Crippen molar-refractivity contribution in [1.82, 2.24) is 10.6 Å². The minimum atomic E-state index is -0.402. The summed E-state index contributed by atoms with van der Waals surface area (Å²) in [5, 5.41) is 14.5. The molecule has 6 heteroatoms. The van der Waals surface area contributed by atoms with Crippen molar-refractivity contribution in [3.63, 3.8) is 0 Å². The van der Waals surface area contributed by atoms with Crippen LogP contribution in [0, 0.1) is 0 Å². The number of aliphatic hydroxyl groups excluding tert-OH is 1. The van der Waals surface area contributed by atoms with Gasteiger partial charge in [-0.2, -0.15) is 0 Å². The van der Waals surface area contributed by atoms with E-state index in [0.717, 1.165) is 6.42 Å². The van der Waals surface area contributed by atoms with Crippen LogP contribution in [0.2, 0.25) is 0 Å². The molecule has 0 bridgehead atoms. The molecule has 3 N–H and O–H groups in total. The van der Waals surface area contributed by atoms with Crippen LogP contribution in [0.4, 0.5) is 0 Å². The molecule has 2 amide bonds. The Hall–Kier alpha value is -1.82. The molecule has 1 atom stereocenters. The van der Waals surface area contributed by atoms with Crippen LogP contribution in [0.25, 0.3) is 0 Å². The number of hydrogen-bond donors (Lipinski definition) is 3. The summed E-state index contributed by atoms with van der Waals surface area (Å²) in [7, 11) is 0. The van der Waals surface area contributed by atoms with Gasteiger partial charge in [0.2, 0.25) is 5.91 Å². The predicted molar refractivity (Wildman–Crippen MR) is 74.2 cm³/mol. The Morgan fingerprint density at radius 1 is 1.45 bits per heavy atom. The molecule has 0 saturated heterocycles. The summed E-state index contributed by atoms with van der Waals surface area (Å²) >= 11 is 0. The maximum atomic E-state index is 11.8. The van der Waals surface area contributed by atoms with E-state index < -0.39 is 5.54 Å². The summed E-state index contributed by atoms with van der Waals surface area (Å²) in [5.41, 5.74) is 0.0320. The first kappa shape index (κ1) is 16.2. The number of furan rings is 1. The minimum absolute atomic E-state index is 0.0296. The quantitative estimate of drug-likeness (QED) is 0.665. The van der Waals surface area contributed by atoms with Gasteiger partial charge in [0.05, 0.1) is 11.8 Å². The molecular formula is C14H22N2O4. The van der Waals surface area contributed by atoms with Crippen LogP contribution in [0.5, 0.6) is 0 Å². The lowest BCUT2D eigenvalue weighted by Crippen LogP contribution is -2.46. The van der Waals surface area contributed by atoms with Crippen LogP contribution in [-0.4, -0.2) is 35.6 Å². The summed E-state index contributed by atoms with van der Waals surface area (Å²) in [6, 6.07) is 1.56. The molecule has 0 fully saturated rings. The van der Waals surface area contributed by atoms with Crippen LogP contribution in [0.15, 0.2) is 23.0 Å². The van der Waals surface area contributed by atoms with E-state index in [1.807, 2.05) is 13.8 Å². The van der Waals surface area contributed by atoms with E-state index in [4.69, 9.17) is 9.52 Å². The van der Waals surface area contributed by atoms with Crippen molar-refractivity contribution >= 4 is 11.8 Å². The Morgan fingerprint density at radius 3 is 2.75 bits per heavy atom. The van der Waals surface area contributed by atoms with Crippen molar-refractivity contribution in [3.05, 3.63) is 24.2 Å². The van der Waals surface area contributed by atoms with Gasteiger partial charge in [0.25, 0.3) is 5.91 Å². The maximum absolute atomic E-state index is 11.8. The Balaban J connectivity index is 2.31. The first-order valence-corrected chi connectivity index (χ1v) is 6.73. The van der Waals surface area contributed by atoms with Gasteiger partial charge in [0.15, 0.2) is 0 Å². The molecule has 1 aromatic rings. The van der Waals surface area contributed by atoms with E-state index in [1.54, 1.807) is 6.07 Å². The zero-order valence-corrected chi connectivity index (χ0v) is 11.9. The zero-order chi connectivity index (χ0) is 15.0. The van der Waals surface area contributed by atoms with Gasteiger partial charge in [-0.1, -0.05) is 6.92 Å². The summed E-state index contributed by atoms with van der Waals surface area (Å²) in [4.78, 5) is 23.4. The second-order valence-corrected chi connectivity index (χ2v) is 4.95. The molecule has 0 radical (unpaired) electrons. The summed E-state index contributed by atoms with van der Waals surface area (Å²) in [6.07, 6.45) is 4.22. The first-order chi connectivity index (χ1) is 9.50. The highest BCUT2D eigenvalue weighted by Gasteiger charge is 2.23. The molecule has 0 spiro atoms. The third kappa shape index (κ3) is 5.05. The Labute approximate surface area is 118 Å². The Kier molecular flexibility index (Phi) is 6.24. The van der Waals surface area contributed by atoms with E-state index in [0.29, 0.717) is 12.0 Å². The van der Waals surface area contributed by atoms with Crippen LogP contribution >= 0.6 is 0 Å². The SMILES string of the molecule is CCC(C)(CCO)NC(=O)CCNC(=O)c1ccoc1. The van der Waals surface area contributed by atoms with Gasteiger partial charge in [0, 0.05) is 25.1 Å². The Bertz CT molecular complexity index is 430. The molecule has 0 aromatic carbocycles. The largest absolute Gasteiger partial charge is 0.472 e. The monoisotopic (exact) mass is 282 g/mol. The number of carbonyl (C=O) groups is 2. The van der Waals surface area contributed by atoms with Gasteiger partial charge < -0.3 is 20.2 Å². The molecule has 1 heterocycles. The summed E-state index contributed by atoms with van der Waals surface area (Å²) < 4.78 is 4.81. The van der Waals surface area contributed by atoms with E-state index in [9.17, 15) is 9.59 Å². The molecule has 0 aliphatic carbocycles. The zero-order valence-electron chi connectivity index (χ0n) is 11.9. The van der Waals surface area contributed by atoms with Gasteiger partial charge in [0.1, 0.15) is 6.26 Å². The van der Waals surface area contributed by atoms with Crippen molar-refractivity contribution in [2.24, 2.45) is 0 Å². The number of carbonyl (C=O) groups excluding carboxylic acids is 2. The van der Waals surface area contributed by atoms with E-state index in [1.165, 1.54) is 12.5 Å². The molecule has 112 valence electrons. The average Bonchev–Trinajstić information content (AvgIpc) is 2.92. The fraction of sp³-hybridized carbons (Fsp3) is 0.571. The highest BCUT2D eigenvalue weighted by molar-refractivity contribution is 5.94. The highest BCUT2D eigenvalue weighted by Crippen LogP contribution is 2.13. The average molecular weight is 282 g/mol. The molecule has 0 aliphatic heterocycles. The van der Waals surface area contributed by atoms with Crippen molar-refractivity contribution in [2.75, 3.05) is 13.2 Å². The molecular weight excluding hydrogens is 260 g/mol. The molecule has 0 aliphatic rings. The highest BCUT2D eigenvalue weighted by atomic mass is 16.3. The lowest BCUT2D eigenvalue weighted by atomic mass is 9.95. The molecule has 20 heavy (non-hydrogen) atoms. The lowest BCUT2D eigenvalue weighted by Gasteiger charge is -2.29. The van der Waals surface area contributed by atoms with Crippen molar-refractivity contribution in [3.8, 4) is 0 Å². The van der Waals surface area contributed by atoms with Gasteiger partial charge in [-0.05, 0) is 25.8 Å². The number of rotatable bonds is 8. The first-order valence-electron chi connectivity index (χ1n) is 6.73. The summed E-state index contributed by atoms with van der Waals surface area (Å²) in [5.74, 6) is -0.407. The van der Waals surface area contributed by atoms with Crippen LogP contribution in [0.3, 0.4) is 0 Å². The van der Waals surface area contributed by atoms with Crippen molar-refractivity contribution in [1.29, 1.82) is 0 Å². The second kappa shape index (κ2) is 7.69. The van der Waals surface area contributed by atoms with Gasteiger partial charge in [-0.15, -0.1) is 0 Å². The van der Waals surface area contributed by atoms with E-state index >= 15 is 0 Å². The second-order valence-electron chi connectivity index (χ2n) is 4.95. The molecule has 6 nitrogen and oxygen atoms in total. The molecule has 1 aromatic heterocycles. The third-order valence-electron chi connectivity index (χ3n) is 3.31. The number of amides is 2. The number of aliphatic hydroxyl groups is 1. The lowest BCUT2D eigenvalue weighted by molar-refractivity contribution is -0.122. The fourth-order valence-corrected chi connectivity index (χ4v) is 1.76. The topological polar surface area (TPSA) is 91.6 Å². The van der Waals surface area contributed by atoms with Gasteiger partial charge in [-0.3, -0.25) is 9.59 Å². The number of nitrogens with one attached hydrogen (secondary N) is 2. The summed E-state index contributed by atoms with van der Waals surface area (Å²) in [6.45, 7) is 4.14. The third-order valence-corrected chi connectivity index (χ3v) is 3.31. The van der Waals surface area contributed by atoms with Gasteiger partial charge >= 0.3 is 0 Å². The van der Waals surface area contributed by atoms with Crippen LogP contribution in [-0.2, 0) is 4.79 Å². The number of hydrogen-bond acceptors (Lipinski definition) is 4. The fourth-order valence-electron chi connectivity index (χ4n) is 1.76. The van der Waals surface area contributed by atoms with Crippen molar-refractivity contribution in [2.45, 2.75) is 38.6 Å². The molecule has 0 saturated carbocycles. The van der Waals surface area contributed by atoms with Crippen LogP contribution in [0.1, 0.15) is 43.5 Å². The van der Waals surface area contributed by atoms with Crippen LogP contribution < -0.4 is 10.6 Å². The predicted octanol–water partition coefficient (Wildman–Crippen LogP) is 1.07. The Morgan fingerprint density at radius 2 is 2.20 bits per heavy atom. The van der Waals surface area contributed by atoms with E-state index in [2.05, 4.69) is 10.6 Å². The molecule has 1 rings (SSSR count). The smallest absolute Gasteiger partial charge is 0.254 e. The maximum Gasteiger partial charge on any atom is 0.254 e. The molecule has 1 unspecified atom stereocenters. The standard InChI is InChI=1S/C14H22N2O4/c1-3-14(2,6-8-17)16-12(18)4-7-15-13(19)11-5-9-20-10-11/h5,9-10,17H,3-4,6-8H2,1-2H3,(H,15,19)(H,16,18).